The molecule has 0 spiro atoms. The van der Waals surface area contributed by atoms with Crippen LogP contribution < -0.4 is 10.1 Å². The molecule has 1 aliphatic heterocycles. The third-order valence-corrected chi connectivity index (χ3v) is 4.68. The lowest BCUT2D eigenvalue weighted by atomic mass is 10.1. The summed E-state index contributed by atoms with van der Waals surface area (Å²) < 4.78 is 11.1. The second-order valence-electron chi connectivity index (χ2n) is 6.92. The molecule has 0 bridgehead atoms. The Morgan fingerprint density at radius 1 is 1.04 bits per heavy atom. The molecule has 0 aliphatic carbocycles. The van der Waals surface area contributed by atoms with Gasteiger partial charge in [-0.1, -0.05) is 44.7 Å². The summed E-state index contributed by atoms with van der Waals surface area (Å²) in [7, 11) is 0. The van der Waals surface area contributed by atoms with Gasteiger partial charge >= 0.3 is 6.09 Å². The molecule has 1 aromatic carbocycles. The number of hydrogen-bond acceptors (Lipinski definition) is 4. The molecule has 6 heteroatoms. The maximum absolute atomic E-state index is 12.0. The van der Waals surface area contributed by atoms with E-state index in [4.69, 9.17) is 9.47 Å². The number of carbonyl (C=O) groups is 1. The number of para-hydroxylation sites is 2. The summed E-state index contributed by atoms with van der Waals surface area (Å²) in [5.74, 6) is 0.703. The lowest BCUT2D eigenvalue weighted by Crippen LogP contribution is -2.31. The highest BCUT2D eigenvalue weighted by atomic mass is 35.5. The van der Waals surface area contributed by atoms with Crippen molar-refractivity contribution in [1.29, 1.82) is 0 Å². The Labute approximate surface area is 170 Å². The molecule has 154 valence electrons. The van der Waals surface area contributed by atoms with Crippen molar-refractivity contribution in [1.82, 2.24) is 4.90 Å². The number of unbranched alkanes of at least 4 members (excludes halogenated alkanes) is 3. The number of nitrogens with zero attached hydrogens (tertiary/aromatic N) is 1. The Morgan fingerprint density at radius 3 is 2.59 bits per heavy atom. The zero-order valence-electron chi connectivity index (χ0n) is 16.6. The molecule has 0 atom stereocenters. The van der Waals surface area contributed by atoms with Crippen LogP contribution in [0.25, 0.3) is 0 Å². The predicted molar refractivity (Wildman–Crippen MR) is 113 cm³/mol. The predicted octanol–water partition coefficient (Wildman–Crippen LogP) is 5.49. The van der Waals surface area contributed by atoms with Crippen LogP contribution in [0.1, 0.15) is 58.3 Å². The van der Waals surface area contributed by atoms with E-state index < -0.39 is 6.09 Å². The summed E-state index contributed by atoms with van der Waals surface area (Å²) >= 11 is 0. The van der Waals surface area contributed by atoms with E-state index >= 15 is 0 Å². The molecule has 1 N–H and O–H groups in total. The zero-order chi connectivity index (χ0) is 18.5. The van der Waals surface area contributed by atoms with E-state index in [1.807, 2.05) is 24.3 Å². The number of piperidine rings is 1. The number of nitrogens with one attached hydrogen (secondary N) is 1. The Hall–Kier alpha value is -1.46. The fourth-order valence-corrected chi connectivity index (χ4v) is 3.19. The highest BCUT2D eigenvalue weighted by molar-refractivity contribution is 5.86. The van der Waals surface area contributed by atoms with Crippen LogP contribution >= 0.6 is 12.4 Å². The van der Waals surface area contributed by atoms with Crippen LogP contribution in [0.4, 0.5) is 10.5 Å². The number of benzene rings is 1. The van der Waals surface area contributed by atoms with Gasteiger partial charge in [0, 0.05) is 6.54 Å². The highest BCUT2D eigenvalue weighted by Crippen LogP contribution is 2.24. The summed E-state index contributed by atoms with van der Waals surface area (Å²) in [5, 5.41) is 2.80. The lowest BCUT2D eigenvalue weighted by molar-refractivity contribution is 0.148. The molecule has 1 saturated heterocycles. The van der Waals surface area contributed by atoms with Crippen molar-refractivity contribution in [3.05, 3.63) is 24.3 Å². The van der Waals surface area contributed by atoms with Crippen LogP contribution in [0.5, 0.6) is 5.75 Å². The van der Waals surface area contributed by atoms with E-state index in [2.05, 4.69) is 17.1 Å². The number of hydrogen-bond donors (Lipinski definition) is 1. The van der Waals surface area contributed by atoms with E-state index in [1.54, 1.807) is 0 Å². The first-order valence-corrected chi connectivity index (χ1v) is 10.2. The molecule has 1 aromatic rings. The van der Waals surface area contributed by atoms with Gasteiger partial charge in [-0.15, -0.1) is 12.4 Å². The van der Waals surface area contributed by atoms with Crippen molar-refractivity contribution in [2.45, 2.75) is 58.3 Å². The van der Waals surface area contributed by atoms with Gasteiger partial charge in [0.25, 0.3) is 0 Å². The molecule has 5 nitrogen and oxygen atoms in total. The standard InChI is InChI=1S/C21H34N2O3.ClH/c1-2-3-4-10-17-25-20-13-7-6-12-19(20)22-21(24)26-18-11-16-23-14-8-5-9-15-23;/h6-7,12-13H,2-5,8-11,14-18H2,1H3,(H,22,24);1H. The van der Waals surface area contributed by atoms with Gasteiger partial charge in [-0.05, 0) is 50.9 Å². The molecular formula is C21H35ClN2O3. The summed E-state index contributed by atoms with van der Waals surface area (Å²) in [6.45, 7) is 6.67. The second kappa shape index (κ2) is 14.6. The van der Waals surface area contributed by atoms with Crippen LogP contribution in [0, 0.1) is 0 Å². The van der Waals surface area contributed by atoms with E-state index in [-0.39, 0.29) is 12.4 Å². The highest BCUT2D eigenvalue weighted by Gasteiger charge is 2.11. The first-order chi connectivity index (χ1) is 12.8. The maximum Gasteiger partial charge on any atom is 0.411 e. The molecule has 2 rings (SSSR count). The molecule has 0 unspecified atom stereocenters. The van der Waals surface area contributed by atoms with Gasteiger partial charge in [0.15, 0.2) is 0 Å². The van der Waals surface area contributed by atoms with Crippen molar-refractivity contribution in [3.8, 4) is 5.75 Å². The first kappa shape index (κ1) is 23.6. The number of amides is 1. The maximum atomic E-state index is 12.0. The second-order valence-corrected chi connectivity index (χ2v) is 6.92. The Balaban J connectivity index is 0.00000364. The summed E-state index contributed by atoms with van der Waals surface area (Å²) in [5.41, 5.74) is 0.670. The minimum atomic E-state index is -0.411. The number of rotatable bonds is 11. The number of ether oxygens (including phenoxy) is 2. The smallest absolute Gasteiger partial charge is 0.411 e. The van der Waals surface area contributed by atoms with Crippen molar-refractivity contribution in [2.24, 2.45) is 0 Å². The SMILES string of the molecule is CCCCCCOc1ccccc1NC(=O)OCCCN1CCCCC1.Cl. The topological polar surface area (TPSA) is 50.8 Å². The number of halogens is 1. The van der Waals surface area contributed by atoms with Gasteiger partial charge in [0.2, 0.25) is 0 Å². The van der Waals surface area contributed by atoms with Crippen LogP contribution in [0.2, 0.25) is 0 Å². The molecule has 0 aromatic heterocycles. The van der Waals surface area contributed by atoms with E-state index in [0.29, 0.717) is 24.7 Å². The van der Waals surface area contributed by atoms with Crippen molar-refractivity contribution < 1.29 is 14.3 Å². The monoisotopic (exact) mass is 398 g/mol. The van der Waals surface area contributed by atoms with Crippen LogP contribution in [0.3, 0.4) is 0 Å². The largest absolute Gasteiger partial charge is 0.491 e. The number of carbonyl (C=O) groups excluding carboxylic acids is 1. The fraction of sp³-hybridized carbons (Fsp3) is 0.667. The Morgan fingerprint density at radius 2 is 1.81 bits per heavy atom. The van der Waals surface area contributed by atoms with Gasteiger partial charge in [-0.2, -0.15) is 0 Å². The Kier molecular flexibility index (Phi) is 12.7. The quantitative estimate of drug-likeness (QED) is 0.500. The van der Waals surface area contributed by atoms with Crippen LogP contribution in [-0.4, -0.2) is 43.8 Å². The molecular weight excluding hydrogens is 364 g/mol. The van der Waals surface area contributed by atoms with Crippen LogP contribution in [0.15, 0.2) is 24.3 Å². The van der Waals surface area contributed by atoms with Gasteiger partial charge < -0.3 is 14.4 Å². The van der Waals surface area contributed by atoms with Gasteiger partial charge in [0.1, 0.15) is 5.75 Å². The average Bonchev–Trinajstić information content (AvgIpc) is 2.67. The fourth-order valence-electron chi connectivity index (χ4n) is 3.19. The number of anilines is 1. The van der Waals surface area contributed by atoms with Crippen molar-refractivity contribution in [2.75, 3.05) is 38.2 Å². The third-order valence-electron chi connectivity index (χ3n) is 4.68. The molecule has 1 aliphatic rings. The minimum absolute atomic E-state index is 0. The molecule has 1 fully saturated rings. The molecule has 27 heavy (non-hydrogen) atoms. The van der Waals surface area contributed by atoms with E-state index in [9.17, 15) is 4.79 Å². The molecule has 1 amide bonds. The van der Waals surface area contributed by atoms with Crippen molar-refractivity contribution >= 4 is 24.2 Å². The van der Waals surface area contributed by atoms with E-state index in [1.165, 1.54) is 51.6 Å². The zero-order valence-corrected chi connectivity index (χ0v) is 17.4. The first-order valence-electron chi connectivity index (χ1n) is 10.2. The Bertz CT molecular complexity index is 522. The molecule has 0 saturated carbocycles. The summed E-state index contributed by atoms with van der Waals surface area (Å²) in [4.78, 5) is 14.5. The summed E-state index contributed by atoms with van der Waals surface area (Å²) in [6.07, 6.45) is 9.03. The molecule has 0 radical (unpaired) electrons. The van der Waals surface area contributed by atoms with Crippen LogP contribution in [-0.2, 0) is 4.74 Å². The third kappa shape index (κ3) is 9.87. The average molecular weight is 399 g/mol. The van der Waals surface area contributed by atoms with Crippen molar-refractivity contribution in [3.63, 3.8) is 0 Å². The van der Waals surface area contributed by atoms with E-state index in [0.717, 1.165) is 19.4 Å². The normalized spacial score (nSPS) is 14.3. The van der Waals surface area contributed by atoms with Gasteiger partial charge in [-0.3, -0.25) is 5.32 Å². The minimum Gasteiger partial charge on any atom is -0.491 e. The lowest BCUT2D eigenvalue weighted by Gasteiger charge is -2.26. The molecule has 1 heterocycles. The van der Waals surface area contributed by atoms with Gasteiger partial charge in [-0.25, -0.2) is 4.79 Å². The van der Waals surface area contributed by atoms with Gasteiger partial charge in [0.05, 0.1) is 18.9 Å². The summed E-state index contributed by atoms with van der Waals surface area (Å²) in [6, 6.07) is 7.52. The number of likely N-dealkylation sites (tertiary alicyclic amines) is 1.